The maximum atomic E-state index is 10.9. The van der Waals surface area contributed by atoms with Crippen LogP contribution in [0.1, 0.15) is 18.2 Å². The molecule has 4 nitrogen and oxygen atoms in total. The van der Waals surface area contributed by atoms with E-state index in [9.17, 15) is 4.79 Å². The molecule has 0 saturated carbocycles. The predicted molar refractivity (Wildman–Crippen MR) is 65.1 cm³/mol. The largest absolute Gasteiger partial charge is 0.497 e. The standard InChI is InChI=1S/C13H15NO3/c1-8-12(7-17-9(2)15)11-6-10(16-3)4-5-13(11)14-8/h4-6,14H,7H2,1-3H3. The molecule has 2 rings (SSSR count). The molecule has 0 aliphatic rings. The van der Waals surface area contributed by atoms with Crippen molar-refractivity contribution >= 4 is 16.9 Å². The first-order valence-corrected chi connectivity index (χ1v) is 5.40. The average molecular weight is 233 g/mol. The summed E-state index contributed by atoms with van der Waals surface area (Å²) in [5, 5.41) is 1.03. The molecule has 17 heavy (non-hydrogen) atoms. The normalized spacial score (nSPS) is 10.5. The van der Waals surface area contributed by atoms with Gasteiger partial charge < -0.3 is 14.5 Å². The van der Waals surface area contributed by atoms with Gasteiger partial charge in [0.2, 0.25) is 0 Å². The van der Waals surface area contributed by atoms with E-state index in [1.54, 1.807) is 7.11 Å². The molecule has 0 spiro atoms. The van der Waals surface area contributed by atoms with E-state index in [2.05, 4.69) is 4.98 Å². The van der Waals surface area contributed by atoms with Gasteiger partial charge in [0.1, 0.15) is 12.4 Å². The highest BCUT2D eigenvalue weighted by Crippen LogP contribution is 2.26. The Bertz CT molecular complexity index is 557. The summed E-state index contributed by atoms with van der Waals surface area (Å²) < 4.78 is 10.2. The van der Waals surface area contributed by atoms with Crippen LogP contribution in [0.25, 0.3) is 10.9 Å². The smallest absolute Gasteiger partial charge is 0.302 e. The number of aromatic amines is 1. The van der Waals surface area contributed by atoms with E-state index in [1.165, 1.54) is 6.92 Å². The molecule has 1 aromatic heterocycles. The molecule has 0 amide bonds. The summed E-state index contributed by atoms with van der Waals surface area (Å²) in [5.74, 6) is 0.516. The second-order valence-electron chi connectivity index (χ2n) is 3.92. The predicted octanol–water partition coefficient (Wildman–Crippen LogP) is 2.55. The molecule has 0 aliphatic carbocycles. The van der Waals surface area contributed by atoms with Crippen molar-refractivity contribution in [1.82, 2.24) is 4.98 Å². The number of aromatic nitrogens is 1. The van der Waals surface area contributed by atoms with Crippen LogP contribution in [0.15, 0.2) is 18.2 Å². The zero-order chi connectivity index (χ0) is 12.4. The molecule has 2 aromatic rings. The number of H-pyrrole nitrogens is 1. The molecule has 0 radical (unpaired) electrons. The van der Waals surface area contributed by atoms with Gasteiger partial charge in [-0.15, -0.1) is 0 Å². The van der Waals surface area contributed by atoms with Crippen LogP contribution in [0, 0.1) is 6.92 Å². The minimum Gasteiger partial charge on any atom is -0.497 e. The fourth-order valence-electron chi connectivity index (χ4n) is 1.85. The summed E-state index contributed by atoms with van der Waals surface area (Å²) in [6, 6.07) is 5.80. The van der Waals surface area contributed by atoms with E-state index in [-0.39, 0.29) is 12.6 Å². The highest BCUT2D eigenvalue weighted by atomic mass is 16.5. The van der Waals surface area contributed by atoms with E-state index in [0.717, 1.165) is 27.9 Å². The summed E-state index contributed by atoms with van der Waals surface area (Å²) in [7, 11) is 1.63. The lowest BCUT2D eigenvalue weighted by Crippen LogP contribution is -1.99. The number of rotatable bonds is 3. The van der Waals surface area contributed by atoms with E-state index < -0.39 is 0 Å². The molecule has 1 aromatic carbocycles. The highest BCUT2D eigenvalue weighted by molar-refractivity contribution is 5.86. The molecule has 0 saturated heterocycles. The molecular formula is C13H15NO3. The number of carbonyl (C=O) groups is 1. The first-order valence-electron chi connectivity index (χ1n) is 5.40. The second-order valence-corrected chi connectivity index (χ2v) is 3.92. The Labute approximate surface area is 99.5 Å². The minimum absolute atomic E-state index is 0.276. The number of hydrogen-bond donors (Lipinski definition) is 1. The fraction of sp³-hybridized carbons (Fsp3) is 0.308. The van der Waals surface area contributed by atoms with Crippen LogP contribution in [0.5, 0.6) is 5.75 Å². The van der Waals surface area contributed by atoms with Crippen LogP contribution in [-0.2, 0) is 16.1 Å². The zero-order valence-electron chi connectivity index (χ0n) is 10.2. The Hall–Kier alpha value is -1.97. The summed E-state index contributed by atoms with van der Waals surface area (Å²) >= 11 is 0. The monoisotopic (exact) mass is 233 g/mol. The Kier molecular flexibility index (Phi) is 3.04. The van der Waals surface area contributed by atoms with Gasteiger partial charge in [0.25, 0.3) is 0 Å². The van der Waals surface area contributed by atoms with Crippen molar-refractivity contribution in [2.45, 2.75) is 20.5 Å². The van der Waals surface area contributed by atoms with Crippen LogP contribution in [0.4, 0.5) is 0 Å². The summed E-state index contributed by atoms with van der Waals surface area (Å²) in [4.78, 5) is 14.1. The third kappa shape index (κ3) is 2.25. The van der Waals surface area contributed by atoms with Crippen molar-refractivity contribution in [2.75, 3.05) is 7.11 Å². The minimum atomic E-state index is -0.276. The van der Waals surface area contributed by atoms with Gasteiger partial charge in [0, 0.05) is 29.1 Å². The van der Waals surface area contributed by atoms with Gasteiger partial charge in [-0.25, -0.2) is 0 Å². The third-order valence-electron chi connectivity index (χ3n) is 2.75. The molecular weight excluding hydrogens is 218 g/mol. The molecule has 90 valence electrons. The van der Waals surface area contributed by atoms with E-state index in [0.29, 0.717) is 0 Å². The fourth-order valence-corrected chi connectivity index (χ4v) is 1.85. The van der Waals surface area contributed by atoms with Crippen LogP contribution in [0.2, 0.25) is 0 Å². The molecule has 0 bridgehead atoms. The van der Waals surface area contributed by atoms with Crippen molar-refractivity contribution < 1.29 is 14.3 Å². The average Bonchev–Trinajstić information content (AvgIpc) is 2.61. The van der Waals surface area contributed by atoms with Crippen molar-refractivity contribution in [3.63, 3.8) is 0 Å². The van der Waals surface area contributed by atoms with Gasteiger partial charge in [-0.2, -0.15) is 0 Å². The topological polar surface area (TPSA) is 51.3 Å². The van der Waals surface area contributed by atoms with Gasteiger partial charge in [0.05, 0.1) is 7.11 Å². The Morgan fingerprint density at radius 2 is 2.18 bits per heavy atom. The molecule has 1 N–H and O–H groups in total. The van der Waals surface area contributed by atoms with E-state index in [4.69, 9.17) is 9.47 Å². The van der Waals surface area contributed by atoms with Crippen molar-refractivity contribution in [3.05, 3.63) is 29.5 Å². The third-order valence-corrected chi connectivity index (χ3v) is 2.75. The van der Waals surface area contributed by atoms with E-state index >= 15 is 0 Å². The number of methoxy groups -OCH3 is 1. The van der Waals surface area contributed by atoms with Crippen LogP contribution < -0.4 is 4.74 Å². The maximum absolute atomic E-state index is 10.9. The number of aryl methyl sites for hydroxylation is 1. The summed E-state index contributed by atoms with van der Waals surface area (Å²) in [6.07, 6.45) is 0. The van der Waals surface area contributed by atoms with Gasteiger partial charge in [-0.05, 0) is 25.1 Å². The molecule has 1 heterocycles. The van der Waals surface area contributed by atoms with Crippen molar-refractivity contribution in [1.29, 1.82) is 0 Å². The highest BCUT2D eigenvalue weighted by Gasteiger charge is 2.10. The molecule has 0 fully saturated rings. The lowest BCUT2D eigenvalue weighted by molar-refractivity contribution is -0.142. The first-order chi connectivity index (χ1) is 8.11. The lowest BCUT2D eigenvalue weighted by Gasteiger charge is -2.03. The van der Waals surface area contributed by atoms with Crippen LogP contribution >= 0.6 is 0 Å². The summed E-state index contributed by atoms with van der Waals surface area (Å²) in [5.41, 5.74) is 3.02. The molecule has 0 unspecified atom stereocenters. The number of ether oxygens (including phenoxy) is 2. The number of benzene rings is 1. The van der Waals surface area contributed by atoms with E-state index in [1.807, 2.05) is 25.1 Å². The Morgan fingerprint density at radius 1 is 1.41 bits per heavy atom. The van der Waals surface area contributed by atoms with Crippen molar-refractivity contribution in [3.8, 4) is 5.75 Å². The number of fused-ring (bicyclic) bond motifs is 1. The van der Waals surface area contributed by atoms with Crippen LogP contribution in [-0.4, -0.2) is 18.1 Å². The van der Waals surface area contributed by atoms with Gasteiger partial charge in [-0.3, -0.25) is 4.79 Å². The number of hydrogen-bond acceptors (Lipinski definition) is 3. The Balaban J connectivity index is 2.44. The molecule has 0 atom stereocenters. The van der Waals surface area contributed by atoms with Crippen molar-refractivity contribution in [2.24, 2.45) is 0 Å². The number of carbonyl (C=O) groups excluding carboxylic acids is 1. The number of esters is 1. The zero-order valence-corrected chi connectivity index (χ0v) is 10.2. The second kappa shape index (κ2) is 4.49. The SMILES string of the molecule is COc1ccc2[nH]c(C)c(COC(C)=O)c2c1. The summed E-state index contributed by atoms with van der Waals surface area (Å²) in [6.45, 7) is 3.66. The van der Waals surface area contributed by atoms with Crippen LogP contribution in [0.3, 0.4) is 0 Å². The van der Waals surface area contributed by atoms with Gasteiger partial charge in [-0.1, -0.05) is 0 Å². The lowest BCUT2D eigenvalue weighted by atomic mass is 10.1. The quantitative estimate of drug-likeness (QED) is 0.829. The molecule has 4 heteroatoms. The van der Waals surface area contributed by atoms with Gasteiger partial charge in [0.15, 0.2) is 0 Å². The molecule has 0 aliphatic heterocycles. The Morgan fingerprint density at radius 3 is 2.82 bits per heavy atom. The number of nitrogens with one attached hydrogen (secondary N) is 1. The van der Waals surface area contributed by atoms with Gasteiger partial charge >= 0.3 is 5.97 Å². The maximum Gasteiger partial charge on any atom is 0.302 e. The first kappa shape index (κ1) is 11.5.